The van der Waals surface area contributed by atoms with E-state index in [1.54, 1.807) is 11.3 Å². The highest BCUT2D eigenvalue weighted by molar-refractivity contribution is 9.11. The first kappa shape index (κ1) is 9.59. The fourth-order valence-electron chi connectivity index (χ4n) is 1.91. The largest absolute Gasteiger partial charge is 0.183 e. The lowest BCUT2D eigenvalue weighted by molar-refractivity contribution is 0.584. The average Bonchev–Trinajstić information content (AvgIpc) is 2.43. The lowest BCUT2D eigenvalue weighted by atomic mass is 10.0. The molecule has 0 N–H and O–H groups in total. The molecule has 0 aromatic carbocycles. The van der Waals surface area contributed by atoms with Crippen LogP contribution in [0.1, 0.15) is 49.5 Å². The summed E-state index contributed by atoms with van der Waals surface area (Å²) in [6.45, 7) is 0. The zero-order chi connectivity index (χ0) is 9.10. The van der Waals surface area contributed by atoms with E-state index < -0.39 is 0 Å². The van der Waals surface area contributed by atoms with Gasteiger partial charge >= 0.3 is 0 Å². The van der Waals surface area contributed by atoms with Crippen LogP contribution in [0.2, 0.25) is 0 Å². The second-order valence-electron chi connectivity index (χ2n) is 3.58. The third kappa shape index (κ3) is 2.50. The molecule has 72 valence electrons. The first-order valence-electron chi connectivity index (χ1n) is 4.85. The summed E-state index contributed by atoms with van der Waals surface area (Å²) in [7, 11) is 0. The fourth-order valence-corrected chi connectivity index (χ4v) is 3.22. The van der Waals surface area contributed by atoms with Crippen LogP contribution in [0.5, 0.6) is 0 Å². The molecule has 0 atom stereocenters. The third-order valence-electron chi connectivity index (χ3n) is 2.62. The van der Waals surface area contributed by atoms with Crippen molar-refractivity contribution in [2.24, 2.45) is 0 Å². The molecule has 1 heterocycles. The summed E-state index contributed by atoms with van der Waals surface area (Å²) in [5, 5.41) is 9.44. The van der Waals surface area contributed by atoms with E-state index in [1.807, 2.05) is 0 Å². The van der Waals surface area contributed by atoms with Crippen LogP contribution in [0.4, 0.5) is 0 Å². The van der Waals surface area contributed by atoms with Crippen LogP contribution >= 0.6 is 27.3 Å². The van der Waals surface area contributed by atoms with Gasteiger partial charge in [0.15, 0.2) is 3.92 Å². The maximum absolute atomic E-state index is 4.20. The maximum atomic E-state index is 4.20. The summed E-state index contributed by atoms with van der Waals surface area (Å²) in [5.41, 5.74) is 0. The molecule has 0 saturated heterocycles. The summed E-state index contributed by atoms with van der Waals surface area (Å²) in [5.74, 6) is 0.686. The van der Waals surface area contributed by atoms with Crippen molar-refractivity contribution in [3.05, 3.63) is 8.92 Å². The first-order chi connectivity index (χ1) is 6.36. The molecule has 1 aliphatic rings. The van der Waals surface area contributed by atoms with Crippen molar-refractivity contribution in [1.29, 1.82) is 0 Å². The van der Waals surface area contributed by atoms with E-state index in [4.69, 9.17) is 0 Å². The van der Waals surface area contributed by atoms with Gasteiger partial charge in [-0.25, -0.2) is 0 Å². The molecule has 0 bridgehead atoms. The predicted octanol–water partition coefficient (Wildman–Crippen LogP) is 3.74. The predicted molar refractivity (Wildman–Crippen MR) is 58.1 cm³/mol. The van der Waals surface area contributed by atoms with Gasteiger partial charge in [-0.2, -0.15) is 0 Å². The van der Waals surface area contributed by atoms with Crippen molar-refractivity contribution >= 4 is 27.3 Å². The minimum atomic E-state index is 0.686. The molecular weight excluding hydrogens is 248 g/mol. The summed E-state index contributed by atoms with van der Waals surface area (Å²) in [4.78, 5) is 0. The van der Waals surface area contributed by atoms with Crippen LogP contribution in [0.15, 0.2) is 3.92 Å². The van der Waals surface area contributed by atoms with E-state index in [0.717, 1.165) is 3.92 Å². The van der Waals surface area contributed by atoms with Crippen LogP contribution in [0.25, 0.3) is 0 Å². The van der Waals surface area contributed by atoms with Gasteiger partial charge in [0.25, 0.3) is 0 Å². The van der Waals surface area contributed by atoms with E-state index in [-0.39, 0.29) is 0 Å². The highest BCUT2D eigenvalue weighted by atomic mass is 79.9. The average molecular weight is 261 g/mol. The summed E-state index contributed by atoms with van der Waals surface area (Å²) >= 11 is 5.06. The second kappa shape index (κ2) is 4.51. The van der Waals surface area contributed by atoms with Gasteiger partial charge in [-0.1, -0.05) is 37.0 Å². The second-order valence-corrected chi connectivity index (χ2v) is 5.87. The zero-order valence-corrected chi connectivity index (χ0v) is 9.90. The van der Waals surface area contributed by atoms with Crippen molar-refractivity contribution < 1.29 is 0 Å². The SMILES string of the molecule is Brc1nnc(C2CCCCCC2)s1. The third-order valence-corrected chi connectivity index (χ3v) is 4.14. The van der Waals surface area contributed by atoms with Gasteiger partial charge in [0.1, 0.15) is 5.01 Å². The molecule has 0 spiro atoms. The lowest BCUT2D eigenvalue weighted by Crippen LogP contribution is -1.96. The van der Waals surface area contributed by atoms with Crippen LogP contribution in [-0.4, -0.2) is 10.2 Å². The monoisotopic (exact) mass is 260 g/mol. The smallest absolute Gasteiger partial charge is 0.142 e. The first-order valence-corrected chi connectivity index (χ1v) is 6.46. The maximum Gasteiger partial charge on any atom is 0.183 e. The van der Waals surface area contributed by atoms with Gasteiger partial charge in [0.05, 0.1) is 0 Å². The molecule has 4 heteroatoms. The number of hydrogen-bond donors (Lipinski definition) is 0. The normalized spacial score (nSPS) is 20.1. The van der Waals surface area contributed by atoms with Crippen molar-refractivity contribution in [1.82, 2.24) is 10.2 Å². The fraction of sp³-hybridized carbons (Fsp3) is 0.778. The van der Waals surface area contributed by atoms with Crippen molar-refractivity contribution in [2.75, 3.05) is 0 Å². The van der Waals surface area contributed by atoms with E-state index in [2.05, 4.69) is 26.1 Å². The molecule has 1 aromatic rings. The van der Waals surface area contributed by atoms with Gasteiger partial charge in [-0.15, -0.1) is 10.2 Å². The Morgan fingerprint density at radius 3 is 2.31 bits per heavy atom. The molecule has 2 nitrogen and oxygen atoms in total. The minimum Gasteiger partial charge on any atom is -0.142 e. The molecule has 0 unspecified atom stereocenters. The lowest BCUT2D eigenvalue weighted by Gasteiger charge is -2.08. The molecule has 1 aromatic heterocycles. The van der Waals surface area contributed by atoms with E-state index >= 15 is 0 Å². The van der Waals surface area contributed by atoms with Crippen LogP contribution < -0.4 is 0 Å². The Bertz CT molecular complexity index is 266. The molecular formula is C9H13BrN2S. The summed E-state index contributed by atoms with van der Waals surface area (Å²) in [6, 6.07) is 0. The number of nitrogens with zero attached hydrogens (tertiary/aromatic N) is 2. The Kier molecular flexibility index (Phi) is 3.33. The Balaban J connectivity index is 2.06. The number of rotatable bonds is 1. The Morgan fingerprint density at radius 1 is 1.08 bits per heavy atom. The Labute approximate surface area is 90.9 Å². The number of aromatic nitrogens is 2. The van der Waals surface area contributed by atoms with Gasteiger partial charge in [0.2, 0.25) is 0 Å². The molecule has 1 saturated carbocycles. The summed E-state index contributed by atoms with van der Waals surface area (Å²) in [6.07, 6.45) is 8.14. The molecule has 0 radical (unpaired) electrons. The van der Waals surface area contributed by atoms with Gasteiger partial charge in [-0.3, -0.25) is 0 Å². The van der Waals surface area contributed by atoms with E-state index in [1.165, 1.54) is 43.5 Å². The topological polar surface area (TPSA) is 25.8 Å². The molecule has 0 amide bonds. The Hall–Kier alpha value is 0.0400. The van der Waals surface area contributed by atoms with Crippen LogP contribution in [-0.2, 0) is 0 Å². The highest BCUT2D eigenvalue weighted by Gasteiger charge is 2.17. The van der Waals surface area contributed by atoms with Gasteiger partial charge in [0, 0.05) is 5.92 Å². The van der Waals surface area contributed by atoms with Crippen molar-refractivity contribution in [3.63, 3.8) is 0 Å². The van der Waals surface area contributed by atoms with Gasteiger partial charge in [-0.05, 0) is 28.8 Å². The van der Waals surface area contributed by atoms with E-state index in [9.17, 15) is 0 Å². The Morgan fingerprint density at radius 2 is 1.77 bits per heavy atom. The zero-order valence-electron chi connectivity index (χ0n) is 7.50. The molecule has 1 fully saturated rings. The van der Waals surface area contributed by atoms with Crippen molar-refractivity contribution in [2.45, 2.75) is 44.4 Å². The molecule has 0 aliphatic heterocycles. The standard InChI is InChI=1S/C9H13BrN2S/c10-9-12-11-8(13-9)7-5-3-1-2-4-6-7/h7H,1-6H2. The molecule has 1 aliphatic carbocycles. The number of hydrogen-bond acceptors (Lipinski definition) is 3. The van der Waals surface area contributed by atoms with Crippen molar-refractivity contribution in [3.8, 4) is 0 Å². The van der Waals surface area contributed by atoms with Crippen LogP contribution in [0, 0.1) is 0 Å². The van der Waals surface area contributed by atoms with Crippen LogP contribution in [0.3, 0.4) is 0 Å². The van der Waals surface area contributed by atoms with Gasteiger partial charge < -0.3 is 0 Å². The molecule has 13 heavy (non-hydrogen) atoms. The molecule has 2 rings (SSSR count). The van der Waals surface area contributed by atoms with E-state index in [0.29, 0.717) is 5.92 Å². The highest BCUT2D eigenvalue weighted by Crippen LogP contribution is 2.33. The quantitative estimate of drug-likeness (QED) is 0.720. The minimum absolute atomic E-state index is 0.686. The summed E-state index contributed by atoms with van der Waals surface area (Å²) < 4.78 is 0.923. The number of halogens is 1.